The van der Waals surface area contributed by atoms with E-state index in [-0.39, 0.29) is 24.0 Å². The fraction of sp³-hybridized carbons (Fsp3) is 0.211. The van der Waals surface area contributed by atoms with Crippen LogP contribution in [0.4, 0.5) is 0 Å². The smallest absolute Gasteiger partial charge is 0.191 e. The van der Waals surface area contributed by atoms with Crippen molar-refractivity contribution in [3.63, 3.8) is 0 Å². The summed E-state index contributed by atoms with van der Waals surface area (Å²) in [6, 6.07) is 19.0. The first kappa shape index (κ1) is 18.3. The summed E-state index contributed by atoms with van der Waals surface area (Å²) in [6.45, 7) is 3.56. The third-order valence-corrected chi connectivity index (χ3v) is 3.84. The number of nitrogens with one attached hydrogen (secondary N) is 3. The molecule has 0 aliphatic heterocycles. The molecule has 3 N–H and O–H groups in total. The molecule has 5 heteroatoms. The van der Waals surface area contributed by atoms with Gasteiger partial charge in [-0.05, 0) is 30.0 Å². The molecule has 4 nitrogen and oxygen atoms in total. The molecular weight excluding hydrogens is 411 g/mol. The molecule has 0 unspecified atom stereocenters. The van der Waals surface area contributed by atoms with Crippen LogP contribution in [0, 0.1) is 6.92 Å². The van der Waals surface area contributed by atoms with Crippen molar-refractivity contribution in [2.24, 2.45) is 4.99 Å². The Morgan fingerprint density at radius 3 is 2.42 bits per heavy atom. The van der Waals surface area contributed by atoms with E-state index in [0.29, 0.717) is 6.54 Å². The van der Waals surface area contributed by atoms with Crippen LogP contribution in [-0.4, -0.2) is 18.0 Å². The largest absolute Gasteiger partial charge is 0.357 e. The van der Waals surface area contributed by atoms with Crippen LogP contribution in [0.25, 0.3) is 10.9 Å². The van der Waals surface area contributed by atoms with Gasteiger partial charge in [0.05, 0.1) is 6.54 Å². The molecule has 0 aliphatic rings. The first-order valence-corrected chi connectivity index (χ1v) is 7.81. The SMILES string of the molecule is CN=C(NCc1ccc(C)cc1)NCc1cc2ccccc2[nH]1.I. The number of halogens is 1. The van der Waals surface area contributed by atoms with Crippen molar-refractivity contribution in [2.45, 2.75) is 20.0 Å². The number of nitrogens with zero attached hydrogens (tertiary/aromatic N) is 1. The van der Waals surface area contributed by atoms with Crippen molar-refractivity contribution < 1.29 is 0 Å². The first-order chi connectivity index (χ1) is 11.2. The average Bonchev–Trinajstić information content (AvgIpc) is 2.99. The lowest BCUT2D eigenvalue weighted by molar-refractivity contribution is 0.799. The minimum absolute atomic E-state index is 0. The summed E-state index contributed by atoms with van der Waals surface area (Å²) in [6.07, 6.45) is 0. The zero-order valence-corrected chi connectivity index (χ0v) is 16.3. The Balaban J connectivity index is 0.00000208. The number of aromatic amines is 1. The van der Waals surface area contributed by atoms with E-state index in [9.17, 15) is 0 Å². The van der Waals surface area contributed by atoms with Crippen LogP contribution in [-0.2, 0) is 13.1 Å². The number of aromatic nitrogens is 1. The van der Waals surface area contributed by atoms with Crippen LogP contribution in [0.1, 0.15) is 16.8 Å². The number of fused-ring (bicyclic) bond motifs is 1. The lowest BCUT2D eigenvalue weighted by atomic mass is 10.1. The molecule has 0 radical (unpaired) electrons. The molecule has 0 atom stereocenters. The van der Waals surface area contributed by atoms with E-state index in [1.165, 1.54) is 16.5 Å². The number of H-pyrrole nitrogens is 1. The van der Waals surface area contributed by atoms with Crippen molar-refractivity contribution in [3.05, 3.63) is 71.4 Å². The Kier molecular flexibility index (Phi) is 6.66. The van der Waals surface area contributed by atoms with Gasteiger partial charge in [0.1, 0.15) is 0 Å². The highest BCUT2D eigenvalue weighted by molar-refractivity contribution is 14.0. The zero-order chi connectivity index (χ0) is 16.1. The normalized spacial score (nSPS) is 11.2. The van der Waals surface area contributed by atoms with Crippen molar-refractivity contribution >= 4 is 40.8 Å². The molecule has 24 heavy (non-hydrogen) atoms. The summed E-state index contributed by atoms with van der Waals surface area (Å²) < 4.78 is 0. The molecule has 2 aromatic carbocycles. The number of guanidine groups is 1. The van der Waals surface area contributed by atoms with E-state index in [2.05, 4.69) is 76.1 Å². The second kappa shape index (κ2) is 8.73. The van der Waals surface area contributed by atoms with Crippen molar-refractivity contribution in [1.29, 1.82) is 0 Å². The minimum Gasteiger partial charge on any atom is -0.357 e. The highest BCUT2D eigenvalue weighted by atomic mass is 127. The molecule has 3 aromatic rings. The van der Waals surface area contributed by atoms with Gasteiger partial charge < -0.3 is 15.6 Å². The number of aryl methyl sites for hydroxylation is 1. The molecule has 0 bridgehead atoms. The van der Waals surface area contributed by atoms with Gasteiger partial charge in [0, 0.05) is 24.8 Å². The summed E-state index contributed by atoms with van der Waals surface area (Å²) in [4.78, 5) is 7.68. The summed E-state index contributed by atoms with van der Waals surface area (Å²) in [5.41, 5.74) is 4.82. The lowest BCUT2D eigenvalue weighted by Crippen LogP contribution is -2.36. The van der Waals surface area contributed by atoms with E-state index >= 15 is 0 Å². The lowest BCUT2D eigenvalue weighted by Gasteiger charge is -2.11. The quantitative estimate of drug-likeness (QED) is 0.331. The second-order valence-electron chi connectivity index (χ2n) is 5.65. The molecule has 0 saturated heterocycles. The highest BCUT2D eigenvalue weighted by Crippen LogP contribution is 2.14. The zero-order valence-electron chi connectivity index (χ0n) is 14.0. The van der Waals surface area contributed by atoms with Crippen LogP contribution in [0.2, 0.25) is 0 Å². The maximum absolute atomic E-state index is 4.27. The second-order valence-corrected chi connectivity index (χ2v) is 5.65. The monoisotopic (exact) mass is 434 g/mol. The number of aliphatic imine (C=N–C) groups is 1. The van der Waals surface area contributed by atoms with Crippen LogP contribution in [0.15, 0.2) is 59.6 Å². The number of rotatable bonds is 4. The molecule has 126 valence electrons. The van der Waals surface area contributed by atoms with Gasteiger partial charge in [-0.25, -0.2) is 0 Å². The standard InChI is InChI=1S/C19H22N4.HI/c1-14-7-9-15(10-8-14)12-21-19(20-2)22-13-17-11-16-5-3-4-6-18(16)23-17;/h3-11,23H,12-13H2,1-2H3,(H2,20,21,22);1H. The molecule has 1 heterocycles. The van der Waals surface area contributed by atoms with E-state index in [1.807, 2.05) is 6.07 Å². The number of hydrogen-bond acceptors (Lipinski definition) is 1. The molecular formula is C19H23IN4. The number of benzene rings is 2. The maximum Gasteiger partial charge on any atom is 0.191 e. The summed E-state index contributed by atoms with van der Waals surface area (Å²) in [7, 11) is 1.79. The van der Waals surface area contributed by atoms with E-state index < -0.39 is 0 Å². The van der Waals surface area contributed by atoms with Crippen molar-refractivity contribution in [3.8, 4) is 0 Å². The van der Waals surface area contributed by atoms with Gasteiger partial charge >= 0.3 is 0 Å². The van der Waals surface area contributed by atoms with E-state index in [0.717, 1.165) is 23.7 Å². The molecule has 0 spiro atoms. The highest BCUT2D eigenvalue weighted by Gasteiger charge is 2.02. The third kappa shape index (κ3) is 4.74. The summed E-state index contributed by atoms with van der Waals surface area (Å²) in [5, 5.41) is 7.90. The van der Waals surface area contributed by atoms with Gasteiger partial charge in [-0.2, -0.15) is 0 Å². The molecule has 3 rings (SSSR count). The molecule has 1 aromatic heterocycles. The summed E-state index contributed by atoms with van der Waals surface area (Å²) >= 11 is 0. The van der Waals surface area contributed by atoms with Crippen molar-refractivity contribution in [1.82, 2.24) is 15.6 Å². The van der Waals surface area contributed by atoms with Crippen molar-refractivity contribution in [2.75, 3.05) is 7.05 Å². The Labute approximate surface area is 159 Å². The fourth-order valence-corrected chi connectivity index (χ4v) is 2.52. The number of hydrogen-bond donors (Lipinski definition) is 3. The van der Waals surface area contributed by atoms with E-state index in [4.69, 9.17) is 0 Å². The maximum atomic E-state index is 4.27. The van der Waals surface area contributed by atoms with Gasteiger partial charge in [0.2, 0.25) is 0 Å². The van der Waals surface area contributed by atoms with Crippen LogP contribution < -0.4 is 10.6 Å². The molecule has 0 amide bonds. The molecule has 0 fully saturated rings. The van der Waals surface area contributed by atoms with Gasteiger partial charge in [-0.15, -0.1) is 24.0 Å². The Morgan fingerprint density at radius 2 is 1.71 bits per heavy atom. The number of para-hydroxylation sites is 1. The predicted molar refractivity (Wildman–Crippen MR) is 112 cm³/mol. The molecule has 0 aliphatic carbocycles. The van der Waals surface area contributed by atoms with Gasteiger partial charge in [0.25, 0.3) is 0 Å². The Hall–Kier alpha value is -2.02. The van der Waals surface area contributed by atoms with Gasteiger partial charge in [0.15, 0.2) is 5.96 Å². The molecule has 0 saturated carbocycles. The van der Waals surface area contributed by atoms with Crippen LogP contribution in [0.3, 0.4) is 0 Å². The summed E-state index contributed by atoms with van der Waals surface area (Å²) in [5.74, 6) is 0.796. The average molecular weight is 434 g/mol. The van der Waals surface area contributed by atoms with Gasteiger partial charge in [-0.3, -0.25) is 4.99 Å². The minimum atomic E-state index is 0. The fourth-order valence-electron chi connectivity index (χ4n) is 2.52. The Bertz CT molecular complexity index is 773. The third-order valence-electron chi connectivity index (χ3n) is 3.84. The topological polar surface area (TPSA) is 52.2 Å². The van der Waals surface area contributed by atoms with Gasteiger partial charge in [-0.1, -0.05) is 48.0 Å². The van der Waals surface area contributed by atoms with Crippen LogP contribution in [0.5, 0.6) is 0 Å². The first-order valence-electron chi connectivity index (χ1n) is 7.81. The van der Waals surface area contributed by atoms with E-state index in [1.54, 1.807) is 7.05 Å². The predicted octanol–water partition coefficient (Wildman–Crippen LogP) is 3.96. The van der Waals surface area contributed by atoms with Crippen LogP contribution >= 0.6 is 24.0 Å². The Morgan fingerprint density at radius 1 is 1.00 bits per heavy atom.